The molecule has 2 heterocycles. The molecule has 7 nitrogen and oxygen atoms in total. The van der Waals surface area contributed by atoms with E-state index in [0.29, 0.717) is 22.4 Å². The van der Waals surface area contributed by atoms with Gasteiger partial charge in [-0.25, -0.2) is 13.4 Å². The first-order valence-corrected chi connectivity index (χ1v) is 9.27. The van der Waals surface area contributed by atoms with Crippen molar-refractivity contribution in [3.8, 4) is 17.4 Å². The normalized spacial score (nSPS) is 15.5. The smallest absolute Gasteiger partial charge is 0.243 e. The Hall–Kier alpha value is -2.03. The number of benzene rings is 1. The second kappa shape index (κ2) is 7.07. The van der Waals surface area contributed by atoms with Gasteiger partial charge in [0, 0.05) is 12.3 Å². The van der Waals surface area contributed by atoms with Crippen LogP contribution in [0, 0.1) is 0 Å². The summed E-state index contributed by atoms with van der Waals surface area (Å²) in [4.78, 5) is 4.17. The molecule has 0 aliphatic carbocycles. The molecule has 25 heavy (non-hydrogen) atoms. The van der Waals surface area contributed by atoms with Crippen LogP contribution in [-0.4, -0.2) is 51.1 Å². The van der Waals surface area contributed by atoms with Crippen LogP contribution in [0.25, 0.3) is 0 Å². The van der Waals surface area contributed by atoms with E-state index in [1.807, 2.05) is 0 Å². The van der Waals surface area contributed by atoms with Gasteiger partial charge in [0.1, 0.15) is 11.1 Å². The topological polar surface area (TPSA) is 78.0 Å². The first-order chi connectivity index (χ1) is 12.0. The molecule has 0 radical (unpaired) electrons. The van der Waals surface area contributed by atoms with E-state index in [1.165, 1.54) is 30.7 Å². The van der Waals surface area contributed by atoms with Crippen LogP contribution in [0.3, 0.4) is 0 Å². The fourth-order valence-electron chi connectivity index (χ4n) is 2.41. The van der Waals surface area contributed by atoms with Crippen molar-refractivity contribution in [2.45, 2.75) is 11.0 Å². The van der Waals surface area contributed by atoms with Crippen molar-refractivity contribution in [1.82, 2.24) is 9.29 Å². The number of hydrogen-bond acceptors (Lipinski definition) is 6. The zero-order chi connectivity index (χ0) is 18.0. The van der Waals surface area contributed by atoms with Gasteiger partial charge in [-0.1, -0.05) is 11.6 Å². The summed E-state index contributed by atoms with van der Waals surface area (Å²) in [7, 11) is -0.682. The van der Waals surface area contributed by atoms with Gasteiger partial charge in [0.2, 0.25) is 15.9 Å². The molecule has 3 rings (SSSR count). The van der Waals surface area contributed by atoms with Crippen molar-refractivity contribution >= 4 is 21.6 Å². The molecule has 0 bridgehead atoms. The summed E-state index contributed by atoms with van der Waals surface area (Å²) in [6.07, 6.45) is 1.28. The Morgan fingerprint density at radius 3 is 2.52 bits per heavy atom. The van der Waals surface area contributed by atoms with Crippen LogP contribution < -0.4 is 14.2 Å². The second-order valence-corrected chi connectivity index (χ2v) is 7.71. The number of aromatic nitrogens is 1. The lowest BCUT2D eigenvalue weighted by molar-refractivity contribution is 0.0722. The first-order valence-electron chi connectivity index (χ1n) is 7.45. The highest BCUT2D eigenvalue weighted by atomic mass is 35.5. The van der Waals surface area contributed by atoms with E-state index in [2.05, 4.69) is 4.98 Å². The average Bonchev–Trinajstić information content (AvgIpc) is 2.58. The minimum atomic E-state index is -3.63. The standard InChI is InChI=1S/C16H17ClN2O5S/c1-22-14-6-5-12(8-15(14)23-2)25(20,21)19-9-11(10-19)24-16-13(17)4-3-7-18-16/h3-8,11H,9-10H2,1-2H3. The molecule has 0 saturated carbocycles. The van der Waals surface area contributed by atoms with Crippen molar-refractivity contribution < 1.29 is 22.6 Å². The third-order valence-corrected chi connectivity index (χ3v) is 5.93. The van der Waals surface area contributed by atoms with Gasteiger partial charge in [0.15, 0.2) is 11.5 Å². The van der Waals surface area contributed by atoms with Crippen molar-refractivity contribution in [3.63, 3.8) is 0 Å². The Labute approximate surface area is 151 Å². The number of rotatable bonds is 6. The predicted octanol–water partition coefficient (Wildman–Crippen LogP) is 2.20. The van der Waals surface area contributed by atoms with Crippen molar-refractivity contribution in [1.29, 1.82) is 0 Å². The fourth-order valence-corrected chi connectivity index (χ4v) is 4.10. The van der Waals surface area contributed by atoms with Gasteiger partial charge in [-0.3, -0.25) is 0 Å². The van der Waals surface area contributed by atoms with Crippen molar-refractivity contribution in [2.75, 3.05) is 27.3 Å². The Morgan fingerprint density at radius 2 is 1.88 bits per heavy atom. The van der Waals surface area contributed by atoms with E-state index >= 15 is 0 Å². The maximum absolute atomic E-state index is 12.7. The average molecular weight is 385 g/mol. The van der Waals surface area contributed by atoms with Gasteiger partial charge in [-0.05, 0) is 24.3 Å². The third kappa shape index (κ3) is 3.51. The van der Waals surface area contributed by atoms with Gasteiger partial charge in [-0.15, -0.1) is 0 Å². The lowest BCUT2D eigenvalue weighted by Gasteiger charge is -2.37. The summed E-state index contributed by atoms with van der Waals surface area (Å²) in [5, 5.41) is 0.392. The van der Waals surface area contributed by atoms with E-state index in [0.717, 1.165) is 0 Å². The number of ether oxygens (including phenoxy) is 3. The summed E-state index contributed by atoms with van der Waals surface area (Å²) >= 11 is 5.99. The maximum Gasteiger partial charge on any atom is 0.243 e. The summed E-state index contributed by atoms with van der Waals surface area (Å²) in [5.41, 5.74) is 0. The number of halogens is 1. The van der Waals surface area contributed by atoms with Crippen LogP contribution in [0.1, 0.15) is 0 Å². The van der Waals surface area contributed by atoms with Crippen molar-refractivity contribution in [3.05, 3.63) is 41.6 Å². The van der Waals surface area contributed by atoms with E-state index in [-0.39, 0.29) is 24.1 Å². The van der Waals surface area contributed by atoms with E-state index in [4.69, 9.17) is 25.8 Å². The molecule has 1 aliphatic rings. The van der Waals surface area contributed by atoms with E-state index in [1.54, 1.807) is 24.4 Å². The molecule has 1 aromatic heterocycles. The van der Waals surface area contributed by atoms with Gasteiger partial charge >= 0.3 is 0 Å². The Bertz CT molecular complexity index is 869. The molecular formula is C16H17ClN2O5S. The quantitative estimate of drug-likeness (QED) is 0.759. The van der Waals surface area contributed by atoms with Crippen LogP contribution in [0.5, 0.6) is 17.4 Å². The molecule has 9 heteroatoms. The van der Waals surface area contributed by atoms with Gasteiger partial charge < -0.3 is 14.2 Å². The molecule has 0 amide bonds. The molecule has 1 aromatic carbocycles. The highest BCUT2D eigenvalue weighted by Gasteiger charge is 2.39. The number of hydrogen-bond donors (Lipinski definition) is 0. The van der Waals surface area contributed by atoms with Crippen LogP contribution in [0.2, 0.25) is 5.02 Å². The largest absolute Gasteiger partial charge is 0.493 e. The molecule has 2 aromatic rings. The minimum absolute atomic E-state index is 0.138. The molecule has 1 fully saturated rings. The summed E-state index contributed by atoms with van der Waals surface area (Å²) in [6, 6.07) is 7.86. The third-order valence-electron chi connectivity index (χ3n) is 3.81. The van der Waals surface area contributed by atoms with Crippen LogP contribution in [-0.2, 0) is 10.0 Å². The molecule has 0 atom stereocenters. The predicted molar refractivity (Wildman–Crippen MR) is 92.0 cm³/mol. The Kier molecular flexibility index (Phi) is 5.03. The molecule has 1 aliphatic heterocycles. The molecular weight excluding hydrogens is 368 g/mol. The zero-order valence-electron chi connectivity index (χ0n) is 13.7. The number of sulfonamides is 1. The van der Waals surface area contributed by atoms with Gasteiger partial charge in [-0.2, -0.15) is 4.31 Å². The highest BCUT2D eigenvalue weighted by molar-refractivity contribution is 7.89. The zero-order valence-corrected chi connectivity index (χ0v) is 15.2. The lowest BCUT2D eigenvalue weighted by atomic mass is 10.2. The number of methoxy groups -OCH3 is 2. The highest BCUT2D eigenvalue weighted by Crippen LogP contribution is 2.32. The van der Waals surface area contributed by atoms with Crippen LogP contribution >= 0.6 is 11.6 Å². The molecule has 0 N–H and O–H groups in total. The van der Waals surface area contributed by atoms with Crippen LogP contribution in [0.4, 0.5) is 0 Å². The SMILES string of the molecule is COc1ccc(S(=O)(=O)N2CC(Oc3ncccc3Cl)C2)cc1OC. The lowest BCUT2D eigenvalue weighted by Crippen LogP contribution is -2.56. The summed E-state index contributed by atoms with van der Waals surface area (Å²) < 4.78 is 42.6. The van der Waals surface area contributed by atoms with Crippen LogP contribution in [0.15, 0.2) is 41.4 Å². The summed E-state index contributed by atoms with van der Waals surface area (Å²) in [6.45, 7) is 0.452. The number of pyridine rings is 1. The molecule has 134 valence electrons. The van der Waals surface area contributed by atoms with Gasteiger partial charge in [0.25, 0.3) is 0 Å². The summed E-state index contributed by atoms with van der Waals surface area (Å²) in [5.74, 6) is 1.13. The first kappa shape index (κ1) is 17.8. The maximum atomic E-state index is 12.7. The van der Waals surface area contributed by atoms with E-state index in [9.17, 15) is 8.42 Å². The molecule has 1 saturated heterocycles. The monoisotopic (exact) mass is 384 g/mol. The van der Waals surface area contributed by atoms with E-state index < -0.39 is 10.0 Å². The Morgan fingerprint density at radius 1 is 1.16 bits per heavy atom. The molecule has 0 spiro atoms. The number of nitrogens with zero attached hydrogens (tertiary/aromatic N) is 2. The minimum Gasteiger partial charge on any atom is -0.493 e. The Balaban J connectivity index is 1.70. The van der Waals surface area contributed by atoms with Crippen molar-refractivity contribution in [2.24, 2.45) is 0 Å². The second-order valence-electron chi connectivity index (χ2n) is 5.37. The molecule has 0 unspecified atom stereocenters. The van der Waals surface area contributed by atoms with Gasteiger partial charge in [0.05, 0.1) is 32.2 Å². The fraction of sp³-hybridized carbons (Fsp3) is 0.312.